The van der Waals surface area contributed by atoms with Gasteiger partial charge in [0.25, 0.3) is 5.91 Å². The molecule has 0 aliphatic carbocycles. The van der Waals surface area contributed by atoms with Gasteiger partial charge in [-0.2, -0.15) is 5.10 Å². The molecular weight excluding hydrogens is 303 g/mol. The second kappa shape index (κ2) is 4.77. The molecule has 0 saturated carbocycles. The van der Waals surface area contributed by atoms with Crippen molar-refractivity contribution >= 4 is 33.3 Å². The molecule has 1 aromatic heterocycles. The Morgan fingerprint density at radius 1 is 1.56 bits per heavy atom. The second-order valence-corrected chi connectivity index (χ2v) is 4.56. The fourth-order valence-electron chi connectivity index (χ4n) is 1.40. The van der Waals surface area contributed by atoms with Crippen LogP contribution in [0.5, 0.6) is 0 Å². The molecule has 1 amide bonds. The van der Waals surface area contributed by atoms with Gasteiger partial charge >= 0.3 is 0 Å². The summed E-state index contributed by atoms with van der Waals surface area (Å²) in [5.41, 5.74) is 5.96. The summed E-state index contributed by atoms with van der Waals surface area (Å²) in [6.07, 6.45) is 1.33. The summed E-state index contributed by atoms with van der Waals surface area (Å²) in [7, 11) is 1.62. The third kappa shape index (κ3) is 2.35. The molecule has 94 valence electrons. The van der Waals surface area contributed by atoms with Gasteiger partial charge in [-0.3, -0.25) is 9.48 Å². The summed E-state index contributed by atoms with van der Waals surface area (Å²) < 4.78 is 15.5. The highest BCUT2D eigenvalue weighted by Crippen LogP contribution is 2.20. The molecule has 1 aromatic carbocycles. The lowest BCUT2D eigenvalue weighted by atomic mass is 10.2. The first kappa shape index (κ1) is 12.6. The van der Waals surface area contributed by atoms with Gasteiger partial charge in [0.1, 0.15) is 17.2 Å². The van der Waals surface area contributed by atoms with E-state index >= 15 is 0 Å². The fraction of sp³-hybridized carbons (Fsp3) is 0.0909. The van der Waals surface area contributed by atoms with Crippen molar-refractivity contribution in [3.8, 4) is 0 Å². The predicted molar refractivity (Wildman–Crippen MR) is 69.7 cm³/mol. The number of benzene rings is 1. The number of aryl methyl sites for hydroxylation is 1. The van der Waals surface area contributed by atoms with Crippen LogP contribution < -0.4 is 11.1 Å². The molecule has 0 aliphatic rings. The Morgan fingerprint density at radius 3 is 2.83 bits per heavy atom. The van der Waals surface area contributed by atoms with E-state index in [9.17, 15) is 9.18 Å². The molecule has 0 fully saturated rings. The van der Waals surface area contributed by atoms with Crippen LogP contribution in [0.15, 0.2) is 28.9 Å². The standard InChI is InChI=1S/C11H10BrFN4O/c1-17-10(14)7(5-15-17)11(18)16-9-3-2-6(12)4-8(9)13/h2-5H,14H2,1H3,(H,16,18). The highest BCUT2D eigenvalue weighted by Gasteiger charge is 2.15. The van der Waals surface area contributed by atoms with Crippen LogP contribution in [0.25, 0.3) is 0 Å². The number of nitrogen functional groups attached to an aromatic ring is 1. The maximum atomic E-state index is 13.5. The zero-order chi connectivity index (χ0) is 13.3. The van der Waals surface area contributed by atoms with Gasteiger partial charge in [-0.1, -0.05) is 15.9 Å². The molecular formula is C11H10BrFN4O. The van der Waals surface area contributed by atoms with Crippen LogP contribution in [-0.2, 0) is 7.05 Å². The number of anilines is 2. The molecule has 3 N–H and O–H groups in total. The normalized spacial score (nSPS) is 10.4. The van der Waals surface area contributed by atoms with Crippen molar-refractivity contribution in [1.29, 1.82) is 0 Å². The largest absolute Gasteiger partial charge is 0.383 e. The van der Waals surface area contributed by atoms with Crippen molar-refractivity contribution in [3.63, 3.8) is 0 Å². The first-order chi connectivity index (χ1) is 8.49. The number of carbonyl (C=O) groups is 1. The SMILES string of the molecule is Cn1ncc(C(=O)Nc2ccc(Br)cc2F)c1N. The number of hydrogen-bond donors (Lipinski definition) is 2. The number of halogens is 2. The summed E-state index contributed by atoms with van der Waals surface area (Å²) >= 11 is 3.14. The molecule has 0 unspecified atom stereocenters. The highest BCUT2D eigenvalue weighted by atomic mass is 79.9. The number of nitrogens with two attached hydrogens (primary N) is 1. The first-order valence-corrected chi connectivity index (χ1v) is 5.82. The van der Waals surface area contributed by atoms with E-state index in [1.54, 1.807) is 13.1 Å². The predicted octanol–water partition coefficient (Wildman–Crippen LogP) is 2.16. The summed E-state index contributed by atoms with van der Waals surface area (Å²) in [6, 6.07) is 4.36. The van der Waals surface area contributed by atoms with Crippen molar-refractivity contribution in [2.45, 2.75) is 0 Å². The first-order valence-electron chi connectivity index (χ1n) is 5.03. The van der Waals surface area contributed by atoms with Crippen molar-refractivity contribution < 1.29 is 9.18 Å². The van der Waals surface area contributed by atoms with Crippen LogP contribution in [0.4, 0.5) is 15.9 Å². The van der Waals surface area contributed by atoms with Crippen molar-refractivity contribution in [3.05, 3.63) is 40.2 Å². The molecule has 2 rings (SSSR count). The third-order valence-corrected chi connectivity index (χ3v) is 2.90. The Morgan fingerprint density at radius 2 is 2.28 bits per heavy atom. The van der Waals surface area contributed by atoms with Crippen LogP contribution in [0.3, 0.4) is 0 Å². The van der Waals surface area contributed by atoms with Gasteiger partial charge in [0.05, 0.1) is 11.9 Å². The number of aromatic nitrogens is 2. The molecule has 0 atom stereocenters. The van der Waals surface area contributed by atoms with Crippen LogP contribution >= 0.6 is 15.9 Å². The number of amides is 1. The zero-order valence-corrected chi connectivity index (χ0v) is 11.0. The topological polar surface area (TPSA) is 72.9 Å². The Labute approximate surface area is 111 Å². The second-order valence-electron chi connectivity index (χ2n) is 3.65. The van der Waals surface area contributed by atoms with E-state index in [2.05, 4.69) is 26.3 Å². The van der Waals surface area contributed by atoms with Gasteiger partial charge in [-0.05, 0) is 18.2 Å². The summed E-state index contributed by atoms with van der Waals surface area (Å²) in [4.78, 5) is 11.9. The average molecular weight is 313 g/mol. The Kier molecular flexibility index (Phi) is 3.33. The number of nitrogens with zero attached hydrogens (tertiary/aromatic N) is 2. The van der Waals surface area contributed by atoms with Crippen LogP contribution in [0.1, 0.15) is 10.4 Å². The minimum Gasteiger partial charge on any atom is -0.383 e. The molecule has 0 bridgehead atoms. The van der Waals surface area contributed by atoms with Crippen molar-refractivity contribution in [2.24, 2.45) is 7.05 Å². The minimum atomic E-state index is -0.528. The number of hydrogen-bond acceptors (Lipinski definition) is 3. The number of carbonyl (C=O) groups excluding carboxylic acids is 1. The molecule has 0 aliphatic heterocycles. The molecule has 0 radical (unpaired) electrons. The quantitative estimate of drug-likeness (QED) is 0.892. The molecule has 2 aromatic rings. The summed E-state index contributed by atoms with van der Waals surface area (Å²) in [5.74, 6) is -0.799. The Hall–Kier alpha value is -1.89. The van der Waals surface area contributed by atoms with E-state index < -0.39 is 11.7 Å². The lowest BCUT2D eigenvalue weighted by Crippen LogP contribution is -2.14. The van der Waals surface area contributed by atoms with E-state index in [1.807, 2.05) is 0 Å². The monoisotopic (exact) mass is 312 g/mol. The molecule has 0 spiro atoms. The lowest BCUT2D eigenvalue weighted by molar-refractivity contribution is 0.102. The van der Waals surface area contributed by atoms with Gasteiger partial charge in [0.2, 0.25) is 0 Å². The fourth-order valence-corrected chi connectivity index (χ4v) is 1.74. The molecule has 1 heterocycles. The Balaban J connectivity index is 2.24. The number of nitrogens with one attached hydrogen (secondary N) is 1. The molecule has 18 heavy (non-hydrogen) atoms. The minimum absolute atomic E-state index is 0.0893. The van der Waals surface area contributed by atoms with E-state index in [-0.39, 0.29) is 17.1 Å². The van der Waals surface area contributed by atoms with Gasteiger partial charge in [0, 0.05) is 11.5 Å². The maximum Gasteiger partial charge on any atom is 0.261 e. The van der Waals surface area contributed by atoms with E-state index in [0.29, 0.717) is 4.47 Å². The van der Waals surface area contributed by atoms with E-state index in [1.165, 1.54) is 23.0 Å². The lowest BCUT2D eigenvalue weighted by Gasteiger charge is -2.06. The van der Waals surface area contributed by atoms with Gasteiger partial charge in [0.15, 0.2) is 0 Å². The van der Waals surface area contributed by atoms with Gasteiger partial charge in [-0.15, -0.1) is 0 Å². The van der Waals surface area contributed by atoms with Crippen molar-refractivity contribution in [1.82, 2.24) is 9.78 Å². The van der Waals surface area contributed by atoms with Gasteiger partial charge < -0.3 is 11.1 Å². The van der Waals surface area contributed by atoms with Crippen LogP contribution in [-0.4, -0.2) is 15.7 Å². The van der Waals surface area contributed by atoms with E-state index in [4.69, 9.17) is 5.73 Å². The van der Waals surface area contributed by atoms with Gasteiger partial charge in [-0.25, -0.2) is 4.39 Å². The zero-order valence-electron chi connectivity index (χ0n) is 9.45. The number of rotatable bonds is 2. The molecule has 5 nitrogen and oxygen atoms in total. The van der Waals surface area contributed by atoms with Crippen LogP contribution in [0.2, 0.25) is 0 Å². The molecule has 0 saturated heterocycles. The average Bonchev–Trinajstić information content (AvgIpc) is 2.64. The van der Waals surface area contributed by atoms with Crippen molar-refractivity contribution in [2.75, 3.05) is 11.1 Å². The summed E-state index contributed by atoms with van der Waals surface area (Å²) in [6.45, 7) is 0. The Bertz CT molecular complexity index is 611. The highest BCUT2D eigenvalue weighted by molar-refractivity contribution is 9.10. The van der Waals surface area contributed by atoms with E-state index in [0.717, 1.165) is 0 Å². The molecule has 7 heteroatoms. The maximum absolute atomic E-state index is 13.5. The third-order valence-electron chi connectivity index (χ3n) is 2.41. The summed E-state index contributed by atoms with van der Waals surface area (Å²) in [5, 5.41) is 6.28. The smallest absolute Gasteiger partial charge is 0.261 e. The van der Waals surface area contributed by atoms with Crippen LogP contribution in [0, 0.1) is 5.82 Å².